The number of hydrogen-bond donors (Lipinski definition) is 0. The molecule has 2 aromatic rings. The normalized spacial score (nSPS) is 19.2. The van der Waals surface area contributed by atoms with Crippen LogP contribution in [0, 0.1) is 5.82 Å². The zero-order valence-corrected chi connectivity index (χ0v) is 19.0. The van der Waals surface area contributed by atoms with Crippen molar-refractivity contribution in [2.75, 3.05) is 33.9 Å². The number of amides is 1. The molecule has 8 heteroatoms. The highest BCUT2D eigenvalue weighted by Crippen LogP contribution is 2.38. The van der Waals surface area contributed by atoms with Crippen LogP contribution in [0.4, 0.5) is 4.39 Å². The third-order valence-corrected chi connectivity index (χ3v) is 5.89. The van der Waals surface area contributed by atoms with Gasteiger partial charge >= 0.3 is 0 Å². The van der Waals surface area contributed by atoms with Gasteiger partial charge in [-0.05, 0) is 31.5 Å². The molecule has 1 amide bonds. The molecule has 0 saturated carbocycles. The summed E-state index contributed by atoms with van der Waals surface area (Å²) in [5.41, 5.74) is 1.05. The molecule has 1 fully saturated rings. The second kappa shape index (κ2) is 10.2. The molecular weight excluding hydrogens is 423 g/mol. The van der Waals surface area contributed by atoms with Gasteiger partial charge in [0.2, 0.25) is 0 Å². The van der Waals surface area contributed by atoms with E-state index in [4.69, 9.17) is 25.8 Å². The van der Waals surface area contributed by atoms with Crippen molar-refractivity contribution in [2.24, 2.45) is 0 Å². The maximum atomic E-state index is 13.2. The highest BCUT2D eigenvalue weighted by atomic mass is 35.5. The van der Waals surface area contributed by atoms with E-state index in [0.717, 1.165) is 12.1 Å². The van der Waals surface area contributed by atoms with Gasteiger partial charge in [0.25, 0.3) is 5.91 Å². The van der Waals surface area contributed by atoms with Gasteiger partial charge in [0.05, 0.1) is 14.2 Å². The third-order valence-electron chi connectivity index (χ3n) is 5.52. The number of hydrogen-bond acceptors (Lipinski definition) is 5. The number of nitrogens with zero attached hydrogens (tertiary/aromatic N) is 2. The molecule has 1 aliphatic heterocycles. The first kappa shape index (κ1) is 23.2. The van der Waals surface area contributed by atoms with Gasteiger partial charge in [-0.15, -0.1) is 0 Å². The van der Waals surface area contributed by atoms with Crippen LogP contribution < -0.4 is 14.2 Å². The van der Waals surface area contributed by atoms with Crippen LogP contribution in [0.25, 0.3) is 0 Å². The maximum Gasteiger partial charge on any atom is 0.260 e. The maximum absolute atomic E-state index is 13.2. The molecule has 2 atom stereocenters. The molecule has 2 unspecified atom stereocenters. The summed E-state index contributed by atoms with van der Waals surface area (Å²) in [6.07, 6.45) is 0. The van der Waals surface area contributed by atoms with Crippen molar-refractivity contribution in [3.63, 3.8) is 0 Å². The van der Waals surface area contributed by atoms with Gasteiger partial charge in [0, 0.05) is 43.9 Å². The molecule has 0 N–H and O–H groups in total. The van der Waals surface area contributed by atoms with Crippen LogP contribution >= 0.6 is 11.6 Å². The molecule has 0 aliphatic carbocycles. The molecule has 168 valence electrons. The first-order valence-corrected chi connectivity index (χ1v) is 10.5. The predicted octanol–water partition coefficient (Wildman–Crippen LogP) is 4.00. The molecule has 31 heavy (non-hydrogen) atoms. The van der Waals surface area contributed by atoms with Crippen LogP contribution in [0.5, 0.6) is 17.2 Å². The number of halogens is 2. The summed E-state index contributed by atoms with van der Waals surface area (Å²) in [4.78, 5) is 17.0. The van der Waals surface area contributed by atoms with Gasteiger partial charge in [-0.25, -0.2) is 4.39 Å². The van der Waals surface area contributed by atoms with Crippen molar-refractivity contribution in [2.45, 2.75) is 32.5 Å². The minimum atomic E-state index is -0.239. The van der Waals surface area contributed by atoms with Gasteiger partial charge < -0.3 is 19.1 Å². The summed E-state index contributed by atoms with van der Waals surface area (Å²) in [5, 5.41) is 0.350. The van der Waals surface area contributed by atoms with Gasteiger partial charge in [-0.2, -0.15) is 0 Å². The van der Waals surface area contributed by atoms with Gasteiger partial charge in [0.1, 0.15) is 28.1 Å². The van der Waals surface area contributed by atoms with E-state index in [1.54, 1.807) is 24.3 Å². The zero-order valence-electron chi connectivity index (χ0n) is 18.2. The van der Waals surface area contributed by atoms with E-state index in [1.807, 2.05) is 11.8 Å². The van der Waals surface area contributed by atoms with Gasteiger partial charge in [-0.1, -0.05) is 23.7 Å². The average Bonchev–Trinajstić information content (AvgIpc) is 2.76. The Labute approximate surface area is 187 Å². The first-order chi connectivity index (χ1) is 14.8. The van der Waals surface area contributed by atoms with Crippen LogP contribution in [0.2, 0.25) is 5.02 Å². The second-order valence-corrected chi connectivity index (χ2v) is 8.11. The summed E-state index contributed by atoms with van der Waals surface area (Å²) in [6, 6.07) is 10.0. The molecule has 3 rings (SSSR count). The van der Waals surface area contributed by atoms with E-state index in [0.29, 0.717) is 35.4 Å². The third kappa shape index (κ3) is 5.60. The van der Waals surface area contributed by atoms with Crippen LogP contribution in [0.3, 0.4) is 0 Å². The fourth-order valence-corrected chi connectivity index (χ4v) is 4.01. The van der Waals surface area contributed by atoms with Crippen LogP contribution in [-0.2, 0) is 11.3 Å². The number of rotatable bonds is 7. The lowest BCUT2D eigenvalue weighted by Gasteiger charge is -2.44. The fraction of sp³-hybridized carbons (Fsp3) is 0.435. The molecular formula is C23H28ClFN2O4. The van der Waals surface area contributed by atoms with Crippen molar-refractivity contribution >= 4 is 17.5 Å². The smallest absolute Gasteiger partial charge is 0.260 e. The summed E-state index contributed by atoms with van der Waals surface area (Å²) < 4.78 is 29.3. The van der Waals surface area contributed by atoms with Crippen molar-refractivity contribution in [1.29, 1.82) is 0 Å². The molecule has 1 saturated heterocycles. The Bertz CT molecular complexity index is 884. The lowest BCUT2D eigenvalue weighted by molar-refractivity contribution is -0.139. The van der Waals surface area contributed by atoms with E-state index >= 15 is 0 Å². The molecule has 6 nitrogen and oxygen atoms in total. The number of piperazine rings is 1. The van der Waals surface area contributed by atoms with Crippen LogP contribution in [0.15, 0.2) is 36.4 Å². The van der Waals surface area contributed by atoms with Gasteiger partial charge in [0.15, 0.2) is 6.61 Å². The Balaban J connectivity index is 1.60. The topological polar surface area (TPSA) is 51.2 Å². The van der Waals surface area contributed by atoms with Gasteiger partial charge in [-0.3, -0.25) is 9.69 Å². The predicted molar refractivity (Wildman–Crippen MR) is 117 cm³/mol. The van der Waals surface area contributed by atoms with E-state index in [-0.39, 0.29) is 30.4 Å². The Morgan fingerprint density at radius 3 is 2.26 bits per heavy atom. The number of carbonyl (C=O) groups excluding carboxylic acids is 1. The van der Waals surface area contributed by atoms with E-state index < -0.39 is 0 Å². The molecule has 1 heterocycles. The highest BCUT2D eigenvalue weighted by Gasteiger charge is 2.32. The van der Waals surface area contributed by atoms with Crippen molar-refractivity contribution in [3.05, 3.63) is 52.8 Å². The first-order valence-electron chi connectivity index (χ1n) is 10.1. The average molecular weight is 451 g/mol. The summed E-state index contributed by atoms with van der Waals surface area (Å²) in [5.74, 6) is 0.951. The molecule has 2 aromatic carbocycles. The standard InChI is InChI=1S/C23H28ClFN2O4/c1-15-12-27(16(2)11-26(15)13-17-5-7-18(25)8-6-17)22(28)14-31-19-9-20(29-3)23(24)21(10-19)30-4/h5-10,15-16H,11-14H2,1-4H3. The summed E-state index contributed by atoms with van der Waals surface area (Å²) in [6.45, 7) is 6.06. The lowest BCUT2D eigenvalue weighted by atomic mass is 10.1. The summed E-state index contributed by atoms with van der Waals surface area (Å²) >= 11 is 6.18. The minimum absolute atomic E-state index is 0.0297. The minimum Gasteiger partial charge on any atom is -0.495 e. The Morgan fingerprint density at radius 1 is 1.06 bits per heavy atom. The molecule has 0 radical (unpaired) electrons. The second-order valence-electron chi connectivity index (χ2n) is 7.73. The number of methoxy groups -OCH3 is 2. The Kier molecular flexibility index (Phi) is 7.62. The van der Waals surface area contributed by atoms with Crippen molar-refractivity contribution in [3.8, 4) is 17.2 Å². The van der Waals surface area contributed by atoms with Crippen molar-refractivity contribution in [1.82, 2.24) is 9.80 Å². The number of benzene rings is 2. The summed E-state index contributed by atoms with van der Waals surface area (Å²) in [7, 11) is 3.01. The van der Waals surface area contributed by atoms with E-state index in [9.17, 15) is 9.18 Å². The molecule has 0 spiro atoms. The van der Waals surface area contributed by atoms with E-state index in [2.05, 4.69) is 11.8 Å². The molecule has 0 aromatic heterocycles. The van der Waals surface area contributed by atoms with Crippen LogP contribution in [-0.4, -0.2) is 61.7 Å². The SMILES string of the molecule is COc1cc(OCC(=O)N2CC(C)N(Cc3ccc(F)cc3)CC2C)cc(OC)c1Cl. The molecule has 1 aliphatic rings. The van der Waals surface area contributed by atoms with Crippen molar-refractivity contribution < 1.29 is 23.4 Å². The van der Waals surface area contributed by atoms with Crippen LogP contribution in [0.1, 0.15) is 19.4 Å². The monoisotopic (exact) mass is 450 g/mol. The zero-order chi connectivity index (χ0) is 22.5. The largest absolute Gasteiger partial charge is 0.495 e. The number of carbonyl (C=O) groups is 1. The fourth-order valence-electron chi connectivity index (χ4n) is 3.75. The van der Waals surface area contributed by atoms with E-state index in [1.165, 1.54) is 26.4 Å². The highest BCUT2D eigenvalue weighted by molar-refractivity contribution is 6.33. The Hall–Kier alpha value is -2.51. The quantitative estimate of drug-likeness (QED) is 0.638. The molecule has 0 bridgehead atoms. The lowest BCUT2D eigenvalue weighted by Crippen LogP contribution is -2.58. The Morgan fingerprint density at radius 2 is 1.68 bits per heavy atom. The number of ether oxygens (including phenoxy) is 3.